The van der Waals surface area contributed by atoms with Crippen LogP contribution in [-0.4, -0.2) is 35.2 Å². The van der Waals surface area contributed by atoms with Crippen molar-refractivity contribution in [1.29, 1.82) is 0 Å². The summed E-state index contributed by atoms with van der Waals surface area (Å²) in [5.41, 5.74) is 4.07. The van der Waals surface area contributed by atoms with Gasteiger partial charge in [0.15, 0.2) is 0 Å². The number of carbonyl (C=O) groups is 1. The fraction of sp³-hybridized carbons (Fsp3) is 0.304. The quantitative estimate of drug-likeness (QED) is 0.557. The van der Waals surface area contributed by atoms with Gasteiger partial charge in [0, 0.05) is 24.0 Å². The molecule has 1 aliphatic rings. The molecule has 1 saturated heterocycles. The van der Waals surface area contributed by atoms with Crippen LogP contribution in [0, 0.1) is 0 Å². The summed E-state index contributed by atoms with van der Waals surface area (Å²) in [4.78, 5) is 19.6. The second kappa shape index (κ2) is 9.56. The lowest BCUT2D eigenvalue weighted by molar-refractivity contribution is 0.0824. The van der Waals surface area contributed by atoms with Crippen molar-refractivity contribution in [2.75, 3.05) is 13.2 Å². The highest BCUT2D eigenvalue weighted by Gasteiger charge is 2.30. The summed E-state index contributed by atoms with van der Waals surface area (Å²) in [7, 11) is 0. The molecule has 1 atom stereocenters. The Kier molecular flexibility index (Phi) is 6.42. The van der Waals surface area contributed by atoms with Crippen LogP contribution in [0.15, 0.2) is 66.3 Å². The highest BCUT2D eigenvalue weighted by molar-refractivity contribution is 7.09. The maximum absolute atomic E-state index is 12.5. The monoisotopic (exact) mass is 408 g/mol. The highest BCUT2D eigenvalue weighted by atomic mass is 32.1. The molecule has 150 valence electrons. The Balaban J connectivity index is 1.26. The Hall–Kier alpha value is -2.86. The molecule has 0 bridgehead atoms. The molecule has 29 heavy (non-hydrogen) atoms. The SMILES string of the molecule is O=C(OCc1ccccc1)N1CCC[C@H]1COc1ccc(Cc2cncs2)cc1. The van der Waals surface area contributed by atoms with Crippen molar-refractivity contribution in [3.63, 3.8) is 0 Å². The van der Waals surface area contributed by atoms with Gasteiger partial charge >= 0.3 is 6.09 Å². The number of rotatable bonds is 7. The Morgan fingerprint density at radius 3 is 2.69 bits per heavy atom. The van der Waals surface area contributed by atoms with Gasteiger partial charge in [0.05, 0.1) is 11.6 Å². The third kappa shape index (κ3) is 5.35. The fourth-order valence-corrected chi connectivity index (χ4v) is 4.11. The molecule has 0 N–H and O–H groups in total. The van der Waals surface area contributed by atoms with Crippen LogP contribution in [0.2, 0.25) is 0 Å². The average Bonchev–Trinajstić information content (AvgIpc) is 3.44. The van der Waals surface area contributed by atoms with E-state index in [1.165, 1.54) is 10.4 Å². The van der Waals surface area contributed by atoms with E-state index in [0.29, 0.717) is 13.2 Å². The van der Waals surface area contributed by atoms with Gasteiger partial charge in [-0.25, -0.2) is 4.79 Å². The van der Waals surface area contributed by atoms with E-state index < -0.39 is 0 Å². The summed E-state index contributed by atoms with van der Waals surface area (Å²) in [6.45, 7) is 1.50. The summed E-state index contributed by atoms with van der Waals surface area (Å²) >= 11 is 1.66. The second-order valence-electron chi connectivity index (χ2n) is 7.13. The Labute approximate surface area is 174 Å². The minimum atomic E-state index is -0.264. The Bertz CT molecular complexity index is 898. The first-order chi connectivity index (χ1) is 14.3. The molecule has 0 radical (unpaired) electrons. The number of carbonyl (C=O) groups excluding carboxylic acids is 1. The van der Waals surface area contributed by atoms with Crippen molar-refractivity contribution in [2.24, 2.45) is 0 Å². The first kappa shape index (κ1) is 19.5. The van der Waals surface area contributed by atoms with Crippen molar-refractivity contribution in [1.82, 2.24) is 9.88 Å². The molecule has 2 heterocycles. The third-order valence-corrected chi connectivity index (χ3v) is 5.82. The summed E-state index contributed by atoms with van der Waals surface area (Å²) in [6, 6.07) is 17.9. The largest absolute Gasteiger partial charge is 0.491 e. The lowest BCUT2D eigenvalue weighted by atomic mass is 10.1. The molecular weight excluding hydrogens is 384 g/mol. The highest BCUT2D eigenvalue weighted by Crippen LogP contribution is 2.22. The zero-order valence-corrected chi connectivity index (χ0v) is 17.0. The smallest absolute Gasteiger partial charge is 0.410 e. The van der Waals surface area contributed by atoms with E-state index in [1.807, 2.05) is 54.2 Å². The Morgan fingerprint density at radius 1 is 1.10 bits per heavy atom. The summed E-state index contributed by atoms with van der Waals surface area (Å²) in [6.07, 6.45) is 4.43. The van der Waals surface area contributed by atoms with Gasteiger partial charge in [-0.1, -0.05) is 42.5 Å². The van der Waals surface area contributed by atoms with Crippen molar-refractivity contribution < 1.29 is 14.3 Å². The van der Waals surface area contributed by atoms with Gasteiger partial charge in [-0.3, -0.25) is 4.98 Å². The molecule has 2 aromatic carbocycles. The number of ether oxygens (including phenoxy) is 2. The molecule has 5 nitrogen and oxygen atoms in total. The van der Waals surface area contributed by atoms with E-state index in [4.69, 9.17) is 9.47 Å². The number of amides is 1. The van der Waals surface area contributed by atoms with E-state index in [0.717, 1.165) is 37.1 Å². The first-order valence-electron chi connectivity index (χ1n) is 9.84. The molecule has 3 aromatic rings. The molecule has 4 rings (SSSR count). The zero-order chi connectivity index (χ0) is 19.9. The Morgan fingerprint density at radius 2 is 1.93 bits per heavy atom. The van der Waals surface area contributed by atoms with E-state index in [-0.39, 0.29) is 12.1 Å². The van der Waals surface area contributed by atoms with Gasteiger partial charge in [-0.05, 0) is 36.1 Å². The fourth-order valence-electron chi connectivity index (χ4n) is 3.48. The summed E-state index contributed by atoms with van der Waals surface area (Å²) < 4.78 is 11.5. The van der Waals surface area contributed by atoms with E-state index >= 15 is 0 Å². The lowest BCUT2D eigenvalue weighted by Crippen LogP contribution is -2.39. The average molecular weight is 409 g/mol. The van der Waals surface area contributed by atoms with Crippen molar-refractivity contribution in [3.8, 4) is 5.75 Å². The first-order valence-corrected chi connectivity index (χ1v) is 10.7. The second-order valence-corrected chi connectivity index (χ2v) is 8.10. The number of hydrogen-bond donors (Lipinski definition) is 0. The van der Waals surface area contributed by atoms with Crippen LogP contribution in [0.25, 0.3) is 0 Å². The van der Waals surface area contributed by atoms with E-state index in [9.17, 15) is 4.79 Å². The zero-order valence-electron chi connectivity index (χ0n) is 16.2. The minimum Gasteiger partial charge on any atom is -0.491 e. The van der Waals surface area contributed by atoms with Crippen molar-refractivity contribution in [3.05, 3.63) is 82.3 Å². The van der Waals surface area contributed by atoms with Crippen LogP contribution in [0.3, 0.4) is 0 Å². The molecule has 1 aliphatic heterocycles. The van der Waals surface area contributed by atoms with Gasteiger partial charge in [-0.2, -0.15) is 0 Å². The van der Waals surface area contributed by atoms with Gasteiger partial charge in [0.2, 0.25) is 0 Å². The number of benzene rings is 2. The normalized spacial score (nSPS) is 16.0. The predicted octanol–water partition coefficient (Wildman–Crippen LogP) is 4.91. The van der Waals surface area contributed by atoms with Crippen LogP contribution >= 0.6 is 11.3 Å². The molecule has 0 aliphatic carbocycles. The number of thiazole rings is 1. The maximum Gasteiger partial charge on any atom is 0.410 e. The molecule has 0 spiro atoms. The predicted molar refractivity (Wildman–Crippen MR) is 113 cm³/mol. The summed E-state index contributed by atoms with van der Waals surface area (Å²) in [5, 5.41) is 0. The third-order valence-electron chi connectivity index (χ3n) is 5.04. The summed E-state index contributed by atoms with van der Waals surface area (Å²) in [5.74, 6) is 0.822. The van der Waals surface area contributed by atoms with Crippen LogP contribution in [0.1, 0.15) is 28.8 Å². The van der Waals surface area contributed by atoms with Gasteiger partial charge in [0.1, 0.15) is 19.0 Å². The lowest BCUT2D eigenvalue weighted by Gasteiger charge is -2.24. The van der Waals surface area contributed by atoms with Crippen molar-refractivity contribution >= 4 is 17.4 Å². The molecule has 1 fully saturated rings. The number of likely N-dealkylation sites (tertiary alicyclic amines) is 1. The molecular formula is C23H24N2O3S. The molecule has 0 unspecified atom stereocenters. The minimum absolute atomic E-state index is 0.0511. The number of aromatic nitrogens is 1. The van der Waals surface area contributed by atoms with Gasteiger partial charge < -0.3 is 14.4 Å². The van der Waals surface area contributed by atoms with Crippen LogP contribution in [0.5, 0.6) is 5.75 Å². The molecule has 6 heteroatoms. The topological polar surface area (TPSA) is 51.7 Å². The number of nitrogens with zero attached hydrogens (tertiary/aromatic N) is 2. The van der Waals surface area contributed by atoms with E-state index in [2.05, 4.69) is 17.1 Å². The molecule has 1 amide bonds. The van der Waals surface area contributed by atoms with Crippen molar-refractivity contribution in [2.45, 2.75) is 31.9 Å². The van der Waals surface area contributed by atoms with Crippen LogP contribution < -0.4 is 4.74 Å². The van der Waals surface area contributed by atoms with Gasteiger partial charge in [-0.15, -0.1) is 11.3 Å². The standard InChI is InChI=1S/C23H24N2O3S/c26-23(28-15-19-5-2-1-3-6-19)25-12-4-7-20(25)16-27-21-10-8-18(9-11-21)13-22-14-24-17-29-22/h1-3,5-6,8-11,14,17,20H,4,7,12-13,15-16H2/t20-/m0/s1. The van der Waals surface area contributed by atoms with Gasteiger partial charge in [0.25, 0.3) is 0 Å². The van der Waals surface area contributed by atoms with Crippen LogP contribution in [-0.2, 0) is 17.8 Å². The maximum atomic E-state index is 12.5. The molecule has 0 saturated carbocycles. The van der Waals surface area contributed by atoms with E-state index in [1.54, 1.807) is 16.2 Å². The molecule has 1 aromatic heterocycles. The number of hydrogen-bond acceptors (Lipinski definition) is 5. The van der Waals surface area contributed by atoms with Crippen LogP contribution in [0.4, 0.5) is 4.79 Å².